The summed E-state index contributed by atoms with van der Waals surface area (Å²) in [7, 11) is 0. The Morgan fingerprint density at radius 3 is 2.52 bits per heavy atom. The Balaban J connectivity index is 1.38. The van der Waals surface area contributed by atoms with Gasteiger partial charge in [0.15, 0.2) is 5.78 Å². The van der Waals surface area contributed by atoms with Crippen molar-refractivity contribution in [1.29, 1.82) is 0 Å². The van der Waals surface area contributed by atoms with E-state index in [0.29, 0.717) is 47.7 Å². The molecule has 29 heavy (non-hydrogen) atoms. The topological polar surface area (TPSA) is 64.4 Å². The molecule has 1 aromatic carbocycles. The lowest BCUT2D eigenvalue weighted by atomic mass is 9.81. The molecule has 2 aliphatic rings. The molecule has 0 radical (unpaired) electrons. The molecule has 4 rings (SSSR count). The van der Waals surface area contributed by atoms with Gasteiger partial charge in [-0.15, -0.1) is 0 Å². The van der Waals surface area contributed by atoms with Gasteiger partial charge in [0.05, 0.1) is 12.2 Å². The van der Waals surface area contributed by atoms with Crippen LogP contribution in [-0.2, 0) is 24.4 Å². The number of Topliss-reactive ketones (excluding diaryl/α,β-unsaturated/α-hetero) is 1. The first-order valence-electron chi connectivity index (χ1n) is 9.94. The number of benzene rings is 1. The maximum Gasteiger partial charge on any atom is 0.410 e. The number of ether oxygens (including phenoxy) is 1. The first-order valence-corrected chi connectivity index (χ1v) is 10.7. The summed E-state index contributed by atoms with van der Waals surface area (Å²) in [4.78, 5) is 26.7. The van der Waals surface area contributed by atoms with Crippen molar-refractivity contribution in [1.82, 2.24) is 14.7 Å². The van der Waals surface area contributed by atoms with Crippen molar-refractivity contribution in [3.63, 3.8) is 0 Å². The first-order chi connectivity index (χ1) is 14.0. The van der Waals surface area contributed by atoms with Gasteiger partial charge < -0.3 is 9.64 Å². The Labute approximate surface area is 179 Å². The number of halogens is 2. The number of fused-ring (bicyclic) bond motifs is 1. The fraction of sp³-hybridized carbons (Fsp3) is 0.476. The highest BCUT2D eigenvalue weighted by Gasteiger charge is 2.26. The SMILES string of the molecule is O=C(CC1CCC1)c1cc2n(n1)CCCN(C(=O)OCc1cc(Cl)cc(Cl)c1)C2. The zero-order valence-corrected chi connectivity index (χ0v) is 17.6. The third-order valence-electron chi connectivity index (χ3n) is 5.54. The second kappa shape index (κ2) is 8.76. The van der Waals surface area contributed by atoms with Gasteiger partial charge in [0.2, 0.25) is 0 Å². The van der Waals surface area contributed by atoms with E-state index >= 15 is 0 Å². The normalized spacial score (nSPS) is 16.7. The van der Waals surface area contributed by atoms with Crippen LogP contribution in [0.15, 0.2) is 24.3 Å². The Morgan fingerprint density at radius 2 is 1.83 bits per heavy atom. The molecule has 154 valence electrons. The molecule has 2 heterocycles. The van der Waals surface area contributed by atoms with Crippen LogP contribution in [0.3, 0.4) is 0 Å². The molecule has 0 unspecified atom stereocenters. The fourth-order valence-electron chi connectivity index (χ4n) is 3.75. The smallest absolute Gasteiger partial charge is 0.410 e. The zero-order chi connectivity index (χ0) is 20.4. The van der Waals surface area contributed by atoms with Crippen molar-refractivity contribution in [3.05, 3.63) is 51.3 Å². The highest BCUT2D eigenvalue weighted by atomic mass is 35.5. The van der Waals surface area contributed by atoms with E-state index in [0.717, 1.165) is 30.5 Å². The average Bonchev–Trinajstić information content (AvgIpc) is 2.93. The number of nitrogens with zero attached hydrogens (tertiary/aromatic N) is 3. The van der Waals surface area contributed by atoms with Crippen molar-refractivity contribution < 1.29 is 14.3 Å². The van der Waals surface area contributed by atoms with Crippen LogP contribution >= 0.6 is 23.2 Å². The van der Waals surface area contributed by atoms with E-state index in [4.69, 9.17) is 27.9 Å². The summed E-state index contributed by atoms with van der Waals surface area (Å²) in [5.74, 6) is 0.609. The van der Waals surface area contributed by atoms with Crippen LogP contribution in [0.2, 0.25) is 10.0 Å². The van der Waals surface area contributed by atoms with Crippen LogP contribution in [0.5, 0.6) is 0 Å². The molecule has 0 bridgehead atoms. The molecule has 0 saturated heterocycles. The molecule has 1 amide bonds. The molecular weight excluding hydrogens is 413 g/mol. The Morgan fingerprint density at radius 1 is 1.07 bits per heavy atom. The quantitative estimate of drug-likeness (QED) is 0.612. The Kier molecular flexibility index (Phi) is 6.11. The van der Waals surface area contributed by atoms with E-state index in [-0.39, 0.29) is 12.4 Å². The number of rotatable bonds is 5. The monoisotopic (exact) mass is 435 g/mol. The van der Waals surface area contributed by atoms with E-state index in [9.17, 15) is 9.59 Å². The molecule has 1 aromatic heterocycles. The molecule has 0 N–H and O–H groups in total. The molecule has 2 aromatic rings. The lowest BCUT2D eigenvalue weighted by molar-refractivity contribution is 0.0930. The lowest BCUT2D eigenvalue weighted by Crippen LogP contribution is -2.31. The lowest BCUT2D eigenvalue weighted by Gasteiger charge is -2.23. The second-order valence-corrected chi connectivity index (χ2v) is 8.65. The van der Waals surface area contributed by atoms with E-state index < -0.39 is 6.09 Å². The van der Waals surface area contributed by atoms with Gasteiger partial charge in [-0.05, 0) is 42.2 Å². The molecule has 0 spiro atoms. The highest BCUT2D eigenvalue weighted by Crippen LogP contribution is 2.30. The van der Waals surface area contributed by atoms with Gasteiger partial charge in [-0.1, -0.05) is 42.5 Å². The minimum Gasteiger partial charge on any atom is -0.445 e. The van der Waals surface area contributed by atoms with E-state index in [1.807, 2.05) is 10.7 Å². The maximum absolute atomic E-state index is 12.6. The molecule has 1 aliphatic heterocycles. The summed E-state index contributed by atoms with van der Waals surface area (Å²) in [6.07, 6.45) is 4.41. The number of carbonyl (C=O) groups is 2. The number of aryl methyl sites for hydroxylation is 1. The summed E-state index contributed by atoms with van der Waals surface area (Å²) >= 11 is 12.0. The number of hydrogen-bond donors (Lipinski definition) is 0. The van der Waals surface area contributed by atoms with E-state index in [2.05, 4.69) is 5.10 Å². The fourth-order valence-corrected chi connectivity index (χ4v) is 4.32. The average molecular weight is 436 g/mol. The molecule has 1 saturated carbocycles. The third-order valence-corrected chi connectivity index (χ3v) is 5.98. The molecule has 6 nitrogen and oxygen atoms in total. The minimum atomic E-state index is -0.405. The van der Waals surface area contributed by atoms with Crippen LogP contribution in [0.25, 0.3) is 0 Å². The standard InChI is InChI=1S/C21H23Cl2N3O3/c22-16-7-15(8-17(23)10-16)13-29-21(28)25-5-2-6-26-18(12-25)11-19(24-26)20(27)9-14-3-1-4-14/h7-8,10-11,14H,1-6,9,12-13H2. The zero-order valence-electron chi connectivity index (χ0n) is 16.1. The van der Waals surface area contributed by atoms with Crippen molar-refractivity contribution in [2.45, 2.75) is 51.8 Å². The molecular formula is C21H23Cl2N3O3. The highest BCUT2D eigenvalue weighted by molar-refractivity contribution is 6.34. The predicted octanol–water partition coefficient (Wildman–Crippen LogP) is 5.11. The second-order valence-electron chi connectivity index (χ2n) is 7.78. The van der Waals surface area contributed by atoms with Crippen LogP contribution in [0.1, 0.15) is 53.8 Å². The van der Waals surface area contributed by atoms with Gasteiger partial charge in [-0.2, -0.15) is 5.10 Å². The molecule has 1 aliphatic carbocycles. The van der Waals surface area contributed by atoms with E-state index in [1.54, 1.807) is 23.1 Å². The molecule has 8 heteroatoms. The number of aromatic nitrogens is 2. The Bertz CT molecular complexity index is 904. The number of amides is 1. The van der Waals surface area contributed by atoms with Gasteiger partial charge in [0, 0.05) is 29.6 Å². The summed E-state index contributed by atoms with van der Waals surface area (Å²) in [6, 6.07) is 6.90. The van der Waals surface area contributed by atoms with Gasteiger partial charge in [-0.25, -0.2) is 4.79 Å². The Hall–Kier alpha value is -2.05. The summed E-state index contributed by atoms with van der Waals surface area (Å²) in [5.41, 5.74) is 2.11. The van der Waals surface area contributed by atoms with E-state index in [1.165, 1.54) is 6.42 Å². The van der Waals surface area contributed by atoms with Gasteiger partial charge in [-0.3, -0.25) is 9.48 Å². The molecule has 1 fully saturated rings. The largest absolute Gasteiger partial charge is 0.445 e. The van der Waals surface area contributed by atoms with Crippen molar-refractivity contribution in [2.24, 2.45) is 5.92 Å². The maximum atomic E-state index is 12.6. The summed E-state index contributed by atoms with van der Waals surface area (Å²) < 4.78 is 7.30. The van der Waals surface area contributed by atoms with Crippen LogP contribution < -0.4 is 0 Å². The number of hydrogen-bond acceptors (Lipinski definition) is 4. The number of carbonyl (C=O) groups excluding carboxylic acids is 2. The number of ketones is 1. The van der Waals surface area contributed by atoms with Gasteiger partial charge >= 0.3 is 6.09 Å². The van der Waals surface area contributed by atoms with Crippen LogP contribution in [0, 0.1) is 5.92 Å². The van der Waals surface area contributed by atoms with Gasteiger partial charge in [0.1, 0.15) is 12.3 Å². The predicted molar refractivity (Wildman–Crippen MR) is 110 cm³/mol. The van der Waals surface area contributed by atoms with Crippen LogP contribution in [0.4, 0.5) is 4.79 Å². The van der Waals surface area contributed by atoms with Gasteiger partial charge in [0.25, 0.3) is 0 Å². The third kappa shape index (κ3) is 4.93. The summed E-state index contributed by atoms with van der Waals surface area (Å²) in [5, 5.41) is 5.49. The first kappa shape index (κ1) is 20.2. The van der Waals surface area contributed by atoms with Crippen molar-refractivity contribution in [2.75, 3.05) is 6.54 Å². The summed E-state index contributed by atoms with van der Waals surface area (Å²) in [6.45, 7) is 1.72. The minimum absolute atomic E-state index is 0.0972. The van der Waals surface area contributed by atoms with Crippen LogP contribution in [-0.4, -0.2) is 33.1 Å². The van der Waals surface area contributed by atoms with Crippen molar-refractivity contribution in [3.8, 4) is 0 Å². The van der Waals surface area contributed by atoms with Crippen molar-refractivity contribution >= 4 is 35.1 Å². The molecule has 0 atom stereocenters.